The summed E-state index contributed by atoms with van der Waals surface area (Å²) in [6, 6.07) is 7.87. The van der Waals surface area contributed by atoms with Crippen LogP contribution in [-0.4, -0.2) is 11.4 Å². The van der Waals surface area contributed by atoms with Gasteiger partial charge < -0.3 is 0 Å². The van der Waals surface area contributed by atoms with Crippen LogP contribution >= 0.6 is 0 Å². The van der Waals surface area contributed by atoms with E-state index in [0.717, 1.165) is 12.1 Å². The van der Waals surface area contributed by atoms with Crippen LogP contribution in [0, 0.1) is 0 Å². The fourth-order valence-corrected chi connectivity index (χ4v) is 1.21. The van der Waals surface area contributed by atoms with E-state index in [4.69, 9.17) is 0 Å². The minimum absolute atomic E-state index is 0.666. The quantitative estimate of drug-likeness (QED) is 0.602. The van der Waals surface area contributed by atoms with Gasteiger partial charge in [0.2, 0.25) is 6.41 Å². The van der Waals surface area contributed by atoms with Crippen molar-refractivity contribution in [1.82, 2.24) is 5.01 Å². The number of hydrogen-bond donors (Lipinski definition) is 1. The fraction of sp³-hybridized carbons (Fsp3) is 0.125. The number of benzene rings is 1. The maximum atomic E-state index is 10.3. The summed E-state index contributed by atoms with van der Waals surface area (Å²) in [5, 5.41) is 1.52. The van der Waals surface area contributed by atoms with Gasteiger partial charge in [-0.05, 0) is 11.6 Å². The number of anilines is 1. The van der Waals surface area contributed by atoms with Gasteiger partial charge in [0, 0.05) is 0 Å². The first-order valence-electron chi connectivity index (χ1n) is 3.46. The zero-order valence-electron chi connectivity index (χ0n) is 5.95. The molecular formula is C8H8N2O. The highest BCUT2D eigenvalue weighted by atomic mass is 16.1. The molecule has 0 saturated heterocycles. The molecule has 0 atom stereocenters. The number of amides is 1. The third-order valence-electron chi connectivity index (χ3n) is 1.75. The average Bonchev–Trinajstić information content (AvgIpc) is 2.46. The van der Waals surface area contributed by atoms with Crippen LogP contribution in [-0.2, 0) is 11.3 Å². The Morgan fingerprint density at radius 2 is 2.27 bits per heavy atom. The summed E-state index contributed by atoms with van der Waals surface area (Å²) in [6.07, 6.45) is 0.792. The molecule has 1 heterocycles. The molecule has 3 heteroatoms. The molecule has 1 aliphatic rings. The second-order valence-electron chi connectivity index (χ2n) is 2.50. The lowest BCUT2D eigenvalue weighted by atomic mass is 10.2. The molecule has 3 nitrogen and oxygen atoms in total. The van der Waals surface area contributed by atoms with E-state index >= 15 is 0 Å². The highest BCUT2D eigenvalue weighted by Crippen LogP contribution is 2.22. The third kappa shape index (κ3) is 0.941. The Balaban J connectivity index is 2.33. The number of carbonyl (C=O) groups excluding carboxylic acids is 1. The number of nitrogens with one attached hydrogen (secondary N) is 1. The molecule has 0 saturated carbocycles. The Kier molecular flexibility index (Phi) is 1.28. The van der Waals surface area contributed by atoms with Crippen LogP contribution < -0.4 is 5.43 Å². The van der Waals surface area contributed by atoms with Crippen LogP contribution in [0.2, 0.25) is 0 Å². The van der Waals surface area contributed by atoms with Crippen molar-refractivity contribution in [2.75, 3.05) is 5.43 Å². The molecule has 1 aromatic carbocycles. The molecular weight excluding hydrogens is 140 g/mol. The fourth-order valence-electron chi connectivity index (χ4n) is 1.21. The number of rotatable bonds is 1. The maximum Gasteiger partial charge on any atom is 0.228 e. The van der Waals surface area contributed by atoms with E-state index in [1.165, 1.54) is 10.6 Å². The van der Waals surface area contributed by atoms with Gasteiger partial charge in [-0.15, -0.1) is 0 Å². The first kappa shape index (κ1) is 6.22. The molecule has 0 aliphatic carbocycles. The van der Waals surface area contributed by atoms with Gasteiger partial charge in [-0.2, -0.15) is 0 Å². The molecule has 0 spiro atoms. The predicted molar refractivity (Wildman–Crippen MR) is 41.7 cm³/mol. The van der Waals surface area contributed by atoms with Crippen molar-refractivity contribution in [3.05, 3.63) is 29.8 Å². The Morgan fingerprint density at radius 3 is 3.00 bits per heavy atom. The highest BCUT2D eigenvalue weighted by Gasteiger charge is 2.14. The van der Waals surface area contributed by atoms with Crippen molar-refractivity contribution in [2.24, 2.45) is 0 Å². The van der Waals surface area contributed by atoms with Crippen LogP contribution in [0.25, 0.3) is 0 Å². The summed E-state index contributed by atoms with van der Waals surface area (Å²) >= 11 is 0. The lowest BCUT2D eigenvalue weighted by Gasteiger charge is -2.07. The van der Waals surface area contributed by atoms with E-state index in [9.17, 15) is 4.79 Å². The van der Waals surface area contributed by atoms with Crippen LogP contribution in [0.5, 0.6) is 0 Å². The van der Waals surface area contributed by atoms with Gasteiger partial charge in [0.25, 0.3) is 0 Å². The number of hydrogen-bond acceptors (Lipinski definition) is 2. The zero-order chi connectivity index (χ0) is 7.68. The van der Waals surface area contributed by atoms with Gasteiger partial charge >= 0.3 is 0 Å². The lowest BCUT2D eigenvalue weighted by molar-refractivity contribution is -0.117. The molecule has 56 valence electrons. The minimum atomic E-state index is 0.666. The molecule has 1 aromatic rings. The van der Waals surface area contributed by atoms with Crippen molar-refractivity contribution < 1.29 is 4.79 Å². The first-order valence-corrected chi connectivity index (χ1v) is 3.46. The van der Waals surface area contributed by atoms with E-state index in [2.05, 4.69) is 5.43 Å². The van der Waals surface area contributed by atoms with Crippen LogP contribution in [0.1, 0.15) is 5.56 Å². The molecule has 1 N–H and O–H groups in total. The van der Waals surface area contributed by atoms with Crippen LogP contribution in [0.3, 0.4) is 0 Å². The normalized spacial score (nSPS) is 14.0. The lowest BCUT2D eigenvalue weighted by Crippen LogP contribution is -2.20. The summed E-state index contributed by atoms with van der Waals surface area (Å²) in [6.45, 7) is 0.666. The van der Waals surface area contributed by atoms with Crippen molar-refractivity contribution in [1.29, 1.82) is 0 Å². The monoisotopic (exact) mass is 148 g/mol. The van der Waals surface area contributed by atoms with Gasteiger partial charge in [-0.25, -0.2) is 0 Å². The van der Waals surface area contributed by atoms with Crippen LogP contribution in [0.15, 0.2) is 24.3 Å². The Hall–Kier alpha value is -1.51. The Labute approximate surface area is 64.6 Å². The third-order valence-corrected chi connectivity index (χ3v) is 1.75. The zero-order valence-corrected chi connectivity index (χ0v) is 5.95. The van der Waals surface area contributed by atoms with Gasteiger partial charge in [0.1, 0.15) is 0 Å². The van der Waals surface area contributed by atoms with E-state index in [-0.39, 0.29) is 0 Å². The smallest absolute Gasteiger partial charge is 0.228 e. The van der Waals surface area contributed by atoms with E-state index < -0.39 is 0 Å². The van der Waals surface area contributed by atoms with E-state index in [0.29, 0.717) is 6.54 Å². The minimum Gasteiger partial charge on any atom is -0.296 e. The Morgan fingerprint density at radius 1 is 1.45 bits per heavy atom. The number of carbonyl (C=O) groups is 1. The van der Waals surface area contributed by atoms with Crippen molar-refractivity contribution in [3.63, 3.8) is 0 Å². The molecule has 0 fully saturated rings. The predicted octanol–water partition coefficient (Wildman–Crippen LogP) is 0.985. The van der Waals surface area contributed by atoms with Gasteiger partial charge in [0.05, 0.1) is 12.2 Å². The van der Waals surface area contributed by atoms with Gasteiger partial charge in [-0.1, -0.05) is 18.2 Å². The van der Waals surface area contributed by atoms with Crippen LogP contribution in [0.4, 0.5) is 5.69 Å². The van der Waals surface area contributed by atoms with Gasteiger partial charge in [-0.3, -0.25) is 15.2 Å². The number of para-hydroxylation sites is 1. The summed E-state index contributed by atoms with van der Waals surface area (Å²) in [5.41, 5.74) is 5.14. The standard InChI is InChI=1S/C8H8N2O/c11-6-10-5-7-3-1-2-4-8(7)9-10/h1-4,6,9H,5H2. The van der Waals surface area contributed by atoms with Crippen molar-refractivity contribution in [2.45, 2.75) is 6.54 Å². The molecule has 0 unspecified atom stereocenters. The van der Waals surface area contributed by atoms with Gasteiger partial charge in [0.15, 0.2) is 0 Å². The molecule has 0 aromatic heterocycles. The number of fused-ring (bicyclic) bond motifs is 1. The highest BCUT2D eigenvalue weighted by molar-refractivity contribution is 5.61. The molecule has 0 radical (unpaired) electrons. The van der Waals surface area contributed by atoms with E-state index in [1.54, 1.807) is 0 Å². The molecule has 11 heavy (non-hydrogen) atoms. The summed E-state index contributed by atoms with van der Waals surface area (Å²) in [7, 11) is 0. The largest absolute Gasteiger partial charge is 0.296 e. The summed E-state index contributed by atoms with van der Waals surface area (Å²) in [5.74, 6) is 0. The average molecular weight is 148 g/mol. The second kappa shape index (κ2) is 2.27. The molecule has 0 bridgehead atoms. The summed E-state index contributed by atoms with van der Waals surface area (Å²) in [4.78, 5) is 10.3. The maximum absolute atomic E-state index is 10.3. The number of hydrazine groups is 1. The second-order valence-corrected chi connectivity index (χ2v) is 2.50. The molecule has 1 aliphatic heterocycles. The summed E-state index contributed by atoms with van der Waals surface area (Å²) < 4.78 is 0. The molecule has 2 rings (SSSR count). The van der Waals surface area contributed by atoms with Crippen molar-refractivity contribution in [3.8, 4) is 0 Å². The Bertz CT molecular complexity index is 260. The SMILES string of the molecule is O=CN1Cc2ccccc2N1. The van der Waals surface area contributed by atoms with E-state index in [1.807, 2.05) is 24.3 Å². The topological polar surface area (TPSA) is 32.3 Å². The molecule has 1 amide bonds. The first-order chi connectivity index (χ1) is 5.40. The number of nitrogens with zero attached hydrogens (tertiary/aromatic N) is 1. The van der Waals surface area contributed by atoms with Crippen molar-refractivity contribution >= 4 is 12.1 Å².